The SMILES string of the molecule is CC(C)Oc1ccc(N2C[C@H](C(=O)Nc3cccc(Cl)c3)CC2=O)cc1. The van der Waals surface area contributed by atoms with Crippen LogP contribution in [0.3, 0.4) is 0 Å². The summed E-state index contributed by atoms with van der Waals surface area (Å²) < 4.78 is 5.62. The summed E-state index contributed by atoms with van der Waals surface area (Å²) in [7, 11) is 0. The average molecular weight is 373 g/mol. The number of ether oxygens (including phenoxy) is 1. The molecule has 1 N–H and O–H groups in total. The highest BCUT2D eigenvalue weighted by atomic mass is 35.5. The number of benzene rings is 2. The Labute approximate surface area is 157 Å². The van der Waals surface area contributed by atoms with E-state index < -0.39 is 5.92 Å². The van der Waals surface area contributed by atoms with Gasteiger partial charge in [0.2, 0.25) is 11.8 Å². The fraction of sp³-hybridized carbons (Fsp3) is 0.300. The van der Waals surface area contributed by atoms with Crippen LogP contribution in [0.4, 0.5) is 11.4 Å². The number of hydrogen-bond donors (Lipinski definition) is 1. The van der Waals surface area contributed by atoms with Gasteiger partial charge in [-0.15, -0.1) is 0 Å². The number of amides is 2. The summed E-state index contributed by atoms with van der Waals surface area (Å²) in [4.78, 5) is 26.5. The van der Waals surface area contributed by atoms with E-state index in [0.29, 0.717) is 17.3 Å². The molecule has 1 aliphatic heterocycles. The quantitative estimate of drug-likeness (QED) is 0.858. The van der Waals surface area contributed by atoms with E-state index in [0.717, 1.165) is 11.4 Å². The summed E-state index contributed by atoms with van der Waals surface area (Å²) in [6.07, 6.45) is 0.283. The first-order valence-electron chi connectivity index (χ1n) is 8.56. The highest BCUT2D eigenvalue weighted by Gasteiger charge is 2.35. The average Bonchev–Trinajstić information content (AvgIpc) is 2.97. The van der Waals surface area contributed by atoms with Crippen molar-refractivity contribution < 1.29 is 14.3 Å². The molecule has 2 amide bonds. The molecule has 5 nitrogen and oxygen atoms in total. The predicted molar refractivity (Wildman–Crippen MR) is 103 cm³/mol. The van der Waals surface area contributed by atoms with E-state index in [1.54, 1.807) is 29.2 Å². The van der Waals surface area contributed by atoms with Crippen LogP contribution in [-0.4, -0.2) is 24.5 Å². The molecule has 0 saturated carbocycles. The molecule has 6 heteroatoms. The van der Waals surface area contributed by atoms with Crippen LogP contribution in [0.25, 0.3) is 0 Å². The molecule has 1 fully saturated rings. The van der Waals surface area contributed by atoms with Gasteiger partial charge in [-0.25, -0.2) is 0 Å². The Hall–Kier alpha value is -2.53. The fourth-order valence-electron chi connectivity index (χ4n) is 2.92. The first-order valence-corrected chi connectivity index (χ1v) is 8.93. The van der Waals surface area contributed by atoms with Gasteiger partial charge in [-0.1, -0.05) is 17.7 Å². The normalized spacial score (nSPS) is 16.8. The molecule has 2 aromatic carbocycles. The van der Waals surface area contributed by atoms with Gasteiger partial charge in [0.05, 0.1) is 12.0 Å². The molecular formula is C20H21ClN2O3. The lowest BCUT2D eigenvalue weighted by Crippen LogP contribution is -2.28. The number of rotatable bonds is 5. The second-order valence-electron chi connectivity index (χ2n) is 6.57. The van der Waals surface area contributed by atoms with Crippen molar-refractivity contribution in [2.24, 2.45) is 5.92 Å². The van der Waals surface area contributed by atoms with E-state index in [2.05, 4.69) is 5.32 Å². The van der Waals surface area contributed by atoms with Crippen molar-refractivity contribution in [2.45, 2.75) is 26.4 Å². The van der Waals surface area contributed by atoms with Gasteiger partial charge in [-0.05, 0) is 56.3 Å². The van der Waals surface area contributed by atoms with E-state index in [-0.39, 0.29) is 24.3 Å². The van der Waals surface area contributed by atoms with Crippen molar-refractivity contribution in [1.29, 1.82) is 0 Å². The van der Waals surface area contributed by atoms with Crippen molar-refractivity contribution in [2.75, 3.05) is 16.8 Å². The molecular weight excluding hydrogens is 352 g/mol. The van der Waals surface area contributed by atoms with Crippen LogP contribution in [0.2, 0.25) is 5.02 Å². The van der Waals surface area contributed by atoms with E-state index in [9.17, 15) is 9.59 Å². The molecule has 1 saturated heterocycles. The van der Waals surface area contributed by atoms with Crippen LogP contribution in [-0.2, 0) is 9.59 Å². The van der Waals surface area contributed by atoms with Gasteiger partial charge in [0.25, 0.3) is 0 Å². The molecule has 0 unspecified atom stereocenters. The van der Waals surface area contributed by atoms with Crippen LogP contribution < -0.4 is 15.0 Å². The molecule has 1 aliphatic rings. The molecule has 1 heterocycles. The van der Waals surface area contributed by atoms with E-state index >= 15 is 0 Å². The Kier molecular flexibility index (Phi) is 5.47. The van der Waals surface area contributed by atoms with Gasteiger partial charge in [-0.3, -0.25) is 9.59 Å². The summed E-state index contributed by atoms with van der Waals surface area (Å²) >= 11 is 5.93. The largest absolute Gasteiger partial charge is 0.491 e. The van der Waals surface area contributed by atoms with Crippen molar-refractivity contribution in [3.05, 3.63) is 53.6 Å². The zero-order chi connectivity index (χ0) is 18.7. The van der Waals surface area contributed by atoms with Gasteiger partial charge in [0.15, 0.2) is 0 Å². The van der Waals surface area contributed by atoms with Gasteiger partial charge in [-0.2, -0.15) is 0 Å². The van der Waals surface area contributed by atoms with Crippen LogP contribution in [0.1, 0.15) is 20.3 Å². The Morgan fingerprint density at radius 3 is 2.62 bits per heavy atom. The van der Waals surface area contributed by atoms with Gasteiger partial charge >= 0.3 is 0 Å². The van der Waals surface area contributed by atoms with Crippen LogP contribution >= 0.6 is 11.6 Å². The highest BCUT2D eigenvalue weighted by Crippen LogP contribution is 2.28. The lowest BCUT2D eigenvalue weighted by molar-refractivity contribution is -0.122. The van der Waals surface area contributed by atoms with Gasteiger partial charge in [0, 0.05) is 29.4 Å². The Morgan fingerprint density at radius 1 is 1.23 bits per heavy atom. The smallest absolute Gasteiger partial charge is 0.229 e. The molecule has 0 spiro atoms. The number of anilines is 2. The van der Waals surface area contributed by atoms with E-state index in [1.165, 1.54) is 0 Å². The maximum atomic E-state index is 12.5. The number of nitrogens with one attached hydrogen (secondary N) is 1. The van der Waals surface area contributed by atoms with Crippen molar-refractivity contribution in [1.82, 2.24) is 0 Å². The van der Waals surface area contributed by atoms with Crippen LogP contribution in [0, 0.1) is 5.92 Å². The summed E-state index contributed by atoms with van der Waals surface area (Å²) in [5, 5.41) is 3.38. The molecule has 26 heavy (non-hydrogen) atoms. The first-order chi connectivity index (χ1) is 12.4. The number of halogens is 1. The third-order valence-corrected chi connectivity index (χ3v) is 4.34. The number of hydrogen-bond acceptors (Lipinski definition) is 3. The Morgan fingerprint density at radius 2 is 1.96 bits per heavy atom. The molecule has 136 valence electrons. The molecule has 0 aliphatic carbocycles. The Bertz CT molecular complexity index is 805. The molecule has 1 atom stereocenters. The topological polar surface area (TPSA) is 58.6 Å². The minimum absolute atomic E-state index is 0.0613. The third kappa shape index (κ3) is 4.35. The van der Waals surface area contributed by atoms with Crippen LogP contribution in [0.15, 0.2) is 48.5 Å². The highest BCUT2D eigenvalue weighted by molar-refractivity contribution is 6.30. The van der Waals surface area contributed by atoms with Gasteiger partial charge < -0.3 is 15.0 Å². The fourth-order valence-corrected chi connectivity index (χ4v) is 3.11. The lowest BCUT2D eigenvalue weighted by atomic mass is 10.1. The van der Waals surface area contributed by atoms with E-state index in [4.69, 9.17) is 16.3 Å². The zero-order valence-electron chi connectivity index (χ0n) is 14.7. The standard InChI is InChI=1S/C20H21ClN2O3/c1-13(2)26-18-8-6-17(7-9-18)23-12-14(10-19(23)24)20(25)22-16-5-3-4-15(21)11-16/h3-9,11,13-14H,10,12H2,1-2H3,(H,22,25)/t14-/m1/s1. The molecule has 0 radical (unpaired) electrons. The lowest BCUT2D eigenvalue weighted by Gasteiger charge is -2.18. The summed E-state index contributed by atoms with van der Waals surface area (Å²) in [6.45, 7) is 4.28. The number of nitrogens with zero attached hydrogens (tertiary/aromatic N) is 1. The molecule has 2 aromatic rings. The maximum Gasteiger partial charge on any atom is 0.229 e. The summed E-state index contributed by atoms with van der Waals surface area (Å²) in [6, 6.07) is 14.3. The van der Waals surface area contributed by atoms with Crippen molar-refractivity contribution >= 4 is 34.8 Å². The third-order valence-electron chi connectivity index (χ3n) is 4.11. The van der Waals surface area contributed by atoms with Crippen LogP contribution in [0.5, 0.6) is 5.75 Å². The first kappa shape index (κ1) is 18.3. The van der Waals surface area contributed by atoms with Crippen molar-refractivity contribution in [3.8, 4) is 5.75 Å². The second kappa shape index (κ2) is 7.79. The minimum Gasteiger partial charge on any atom is -0.491 e. The zero-order valence-corrected chi connectivity index (χ0v) is 15.5. The van der Waals surface area contributed by atoms with Gasteiger partial charge in [0.1, 0.15) is 5.75 Å². The van der Waals surface area contributed by atoms with E-state index in [1.807, 2.05) is 38.1 Å². The summed E-state index contributed by atoms with van der Waals surface area (Å²) in [5.74, 6) is 0.121. The Balaban J connectivity index is 1.65. The summed E-state index contributed by atoms with van der Waals surface area (Å²) in [5.41, 5.74) is 1.40. The number of carbonyl (C=O) groups is 2. The number of carbonyl (C=O) groups excluding carboxylic acids is 2. The monoisotopic (exact) mass is 372 g/mol. The second-order valence-corrected chi connectivity index (χ2v) is 7.00. The molecule has 0 bridgehead atoms. The van der Waals surface area contributed by atoms with Crippen molar-refractivity contribution in [3.63, 3.8) is 0 Å². The minimum atomic E-state index is -0.395. The predicted octanol–water partition coefficient (Wildman–Crippen LogP) is 4.12. The molecule has 3 rings (SSSR count). The molecule has 0 aromatic heterocycles. The maximum absolute atomic E-state index is 12.5.